The fourth-order valence-corrected chi connectivity index (χ4v) is 4.35. The third-order valence-corrected chi connectivity index (χ3v) is 5.20. The van der Waals surface area contributed by atoms with Gasteiger partial charge in [0.05, 0.1) is 12.0 Å². The molecule has 1 fully saturated rings. The Labute approximate surface area is 104 Å². The smallest absolute Gasteiger partial charge is 0.174 e. The van der Waals surface area contributed by atoms with Crippen LogP contribution in [0.25, 0.3) is 0 Å². The molecule has 2 unspecified atom stereocenters. The Balaban J connectivity index is 2.03. The third-order valence-electron chi connectivity index (χ3n) is 2.88. The average Bonchev–Trinajstić information content (AvgIpc) is 2.56. The van der Waals surface area contributed by atoms with Crippen molar-refractivity contribution in [2.75, 3.05) is 0 Å². The molecule has 0 saturated heterocycles. The van der Waals surface area contributed by atoms with E-state index in [4.69, 9.17) is 0 Å². The van der Waals surface area contributed by atoms with Crippen molar-refractivity contribution in [1.82, 2.24) is 10.2 Å². The first-order chi connectivity index (χ1) is 7.79. The first-order valence-electron chi connectivity index (χ1n) is 5.66. The molecular formula is C11H15N3S2. The van der Waals surface area contributed by atoms with Gasteiger partial charge in [-0.25, -0.2) is 0 Å². The molecule has 0 N–H and O–H groups in total. The molecule has 16 heavy (non-hydrogen) atoms. The average molecular weight is 253 g/mol. The molecule has 1 aromatic rings. The molecule has 86 valence electrons. The van der Waals surface area contributed by atoms with Gasteiger partial charge in [-0.15, -0.1) is 10.2 Å². The van der Waals surface area contributed by atoms with Crippen LogP contribution in [-0.4, -0.2) is 15.4 Å². The molecule has 0 amide bonds. The van der Waals surface area contributed by atoms with Crippen molar-refractivity contribution < 1.29 is 0 Å². The highest BCUT2D eigenvalue weighted by Gasteiger charge is 2.25. The predicted octanol–water partition coefficient (Wildman–Crippen LogP) is 3.41. The first-order valence-corrected chi connectivity index (χ1v) is 7.35. The molecule has 2 atom stereocenters. The first kappa shape index (κ1) is 11.9. The molecule has 1 aliphatic rings. The summed E-state index contributed by atoms with van der Waals surface area (Å²) in [4.78, 5) is 0. The van der Waals surface area contributed by atoms with Crippen molar-refractivity contribution in [2.45, 2.75) is 48.6 Å². The molecule has 0 bridgehead atoms. The number of aromatic nitrogens is 2. The standard InChI is InChI=1S/C11H15N3S2/c1-8-13-14-11(15-8)16-10-6-4-2-3-5-9(10)7-12/h9-10H,2-6H2,1H3. The van der Waals surface area contributed by atoms with Gasteiger partial charge in [0.1, 0.15) is 5.01 Å². The normalized spacial score (nSPS) is 26.0. The summed E-state index contributed by atoms with van der Waals surface area (Å²) in [6.07, 6.45) is 5.90. The fraction of sp³-hybridized carbons (Fsp3) is 0.727. The van der Waals surface area contributed by atoms with Crippen LogP contribution in [0.5, 0.6) is 0 Å². The van der Waals surface area contributed by atoms with Crippen molar-refractivity contribution in [3.8, 4) is 6.07 Å². The molecule has 0 aliphatic heterocycles. The monoisotopic (exact) mass is 253 g/mol. The SMILES string of the molecule is Cc1nnc(SC2CCCCCC2C#N)s1. The van der Waals surface area contributed by atoms with E-state index in [2.05, 4.69) is 16.3 Å². The van der Waals surface area contributed by atoms with Gasteiger partial charge in [-0.2, -0.15) is 5.26 Å². The summed E-state index contributed by atoms with van der Waals surface area (Å²) in [7, 11) is 0. The van der Waals surface area contributed by atoms with Gasteiger partial charge in [-0.05, 0) is 19.8 Å². The lowest BCUT2D eigenvalue weighted by atomic mass is 10.0. The Morgan fingerprint density at radius 1 is 1.31 bits per heavy atom. The third kappa shape index (κ3) is 2.96. The minimum absolute atomic E-state index is 0.191. The predicted molar refractivity (Wildman–Crippen MR) is 66.5 cm³/mol. The lowest BCUT2D eigenvalue weighted by Crippen LogP contribution is -2.13. The summed E-state index contributed by atoms with van der Waals surface area (Å²) < 4.78 is 1.02. The maximum absolute atomic E-state index is 9.17. The molecule has 2 rings (SSSR count). The van der Waals surface area contributed by atoms with Crippen LogP contribution >= 0.6 is 23.1 Å². The second-order valence-corrected chi connectivity index (χ2v) is 6.78. The van der Waals surface area contributed by atoms with Gasteiger partial charge in [0.25, 0.3) is 0 Å². The minimum Gasteiger partial charge on any atom is -0.198 e. The van der Waals surface area contributed by atoms with Crippen LogP contribution in [0.2, 0.25) is 0 Å². The molecule has 5 heteroatoms. The highest BCUT2D eigenvalue weighted by atomic mass is 32.2. The summed E-state index contributed by atoms with van der Waals surface area (Å²) in [5, 5.41) is 18.7. The number of aryl methyl sites for hydroxylation is 1. The fourth-order valence-electron chi connectivity index (χ4n) is 2.02. The second-order valence-electron chi connectivity index (χ2n) is 4.12. The van der Waals surface area contributed by atoms with Crippen LogP contribution < -0.4 is 0 Å². The molecule has 3 nitrogen and oxygen atoms in total. The lowest BCUT2D eigenvalue weighted by Gasteiger charge is -2.16. The van der Waals surface area contributed by atoms with Crippen molar-refractivity contribution in [2.24, 2.45) is 5.92 Å². The number of nitrogens with zero attached hydrogens (tertiary/aromatic N) is 3. The van der Waals surface area contributed by atoms with E-state index in [0.717, 1.165) is 22.2 Å². The van der Waals surface area contributed by atoms with E-state index in [1.807, 2.05) is 6.92 Å². The number of thioether (sulfide) groups is 1. The number of rotatable bonds is 2. The zero-order valence-electron chi connectivity index (χ0n) is 9.35. The van der Waals surface area contributed by atoms with E-state index in [1.54, 1.807) is 23.1 Å². The van der Waals surface area contributed by atoms with E-state index >= 15 is 0 Å². The summed E-state index contributed by atoms with van der Waals surface area (Å²) in [5.41, 5.74) is 0. The van der Waals surface area contributed by atoms with Crippen LogP contribution in [0.3, 0.4) is 0 Å². The van der Waals surface area contributed by atoms with Crippen molar-refractivity contribution in [3.63, 3.8) is 0 Å². The number of hydrogen-bond acceptors (Lipinski definition) is 5. The Morgan fingerprint density at radius 3 is 2.81 bits per heavy atom. The van der Waals surface area contributed by atoms with Crippen LogP contribution in [0.15, 0.2) is 4.34 Å². The van der Waals surface area contributed by atoms with E-state index in [1.165, 1.54) is 19.3 Å². The van der Waals surface area contributed by atoms with Gasteiger partial charge in [0, 0.05) is 5.25 Å². The van der Waals surface area contributed by atoms with Crippen LogP contribution in [0, 0.1) is 24.2 Å². The Hall–Kier alpha value is -0.600. The molecule has 1 heterocycles. The second kappa shape index (κ2) is 5.65. The van der Waals surface area contributed by atoms with Crippen molar-refractivity contribution >= 4 is 23.1 Å². The highest BCUT2D eigenvalue weighted by Crippen LogP contribution is 2.37. The van der Waals surface area contributed by atoms with Gasteiger partial charge in [-0.1, -0.05) is 42.4 Å². The van der Waals surface area contributed by atoms with E-state index < -0.39 is 0 Å². The Morgan fingerprint density at radius 2 is 2.12 bits per heavy atom. The number of nitriles is 1. The number of hydrogen-bond donors (Lipinski definition) is 0. The summed E-state index contributed by atoms with van der Waals surface area (Å²) >= 11 is 3.39. The van der Waals surface area contributed by atoms with Gasteiger partial charge in [0.15, 0.2) is 4.34 Å². The Bertz CT molecular complexity index is 383. The summed E-state index contributed by atoms with van der Waals surface area (Å²) in [6, 6.07) is 2.46. The van der Waals surface area contributed by atoms with E-state index in [9.17, 15) is 5.26 Å². The van der Waals surface area contributed by atoms with Gasteiger partial charge in [0.2, 0.25) is 0 Å². The summed E-state index contributed by atoms with van der Waals surface area (Å²) in [6.45, 7) is 1.97. The zero-order valence-corrected chi connectivity index (χ0v) is 11.0. The topological polar surface area (TPSA) is 49.6 Å². The van der Waals surface area contributed by atoms with Crippen LogP contribution in [0.4, 0.5) is 0 Å². The molecule has 1 saturated carbocycles. The molecule has 0 spiro atoms. The molecule has 1 aliphatic carbocycles. The molecule has 0 aromatic carbocycles. The molecular weight excluding hydrogens is 238 g/mol. The zero-order chi connectivity index (χ0) is 11.4. The van der Waals surface area contributed by atoms with Crippen LogP contribution in [-0.2, 0) is 0 Å². The van der Waals surface area contributed by atoms with Gasteiger partial charge >= 0.3 is 0 Å². The molecule has 1 aromatic heterocycles. The van der Waals surface area contributed by atoms with Crippen LogP contribution in [0.1, 0.15) is 37.1 Å². The maximum Gasteiger partial charge on any atom is 0.174 e. The van der Waals surface area contributed by atoms with Gasteiger partial charge in [-0.3, -0.25) is 0 Å². The van der Waals surface area contributed by atoms with Crippen molar-refractivity contribution in [3.05, 3.63) is 5.01 Å². The Kier molecular flexibility index (Phi) is 4.19. The quantitative estimate of drug-likeness (QED) is 0.758. The largest absolute Gasteiger partial charge is 0.198 e. The molecule has 0 radical (unpaired) electrons. The van der Waals surface area contributed by atoms with Gasteiger partial charge < -0.3 is 0 Å². The summed E-state index contributed by atoms with van der Waals surface area (Å²) in [5.74, 6) is 0.191. The van der Waals surface area contributed by atoms with E-state index in [0.29, 0.717) is 5.25 Å². The minimum atomic E-state index is 0.191. The highest BCUT2D eigenvalue weighted by molar-refractivity contribution is 8.01. The van der Waals surface area contributed by atoms with E-state index in [-0.39, 0.29) is 5.92 Å². The maximum atomic E-state index is 9.17. The lowest BCUT2D eigenvalue weighted by molar-refractivity contribution is 0.585. The van der Waals surface area contributed by atoms with Crippen molar-refractivity contribution in [1.29, 1.82) is 5.26 Å².